The van der Waals surface area contributed by atoms with Crippen LogP contribution in [0.25, 0.3) is 0 Å². The molecule has 0 heterocycles. The van der Waals surface area contributed by atoms with Crippen molar-refractivity contribution in [3.8, 4) is 0 Å². The molecule has 1 amide bonds. The third-order valence-corrected chi connectivity index (χ3v) is 3.31. The molecule has 1 aromatic rings. The first-order valence-corrected chi connectivity index (χ1v) is 6.81. The van der Waals surface area contributed by atoms with Gasteiger partial charge in [-0.05, 0) is 25.5 Å². The summed E-state index contributed by atoms with van der Waals surface area (Å²) in [6.07, 6.45) is 0.0848. The molecule has 4 nitrogen and oxygen atoms in total. The average Bonchev–Trinajstić information content (AvgIpc) is 2.28. The molecule has 2 N–H and O–H groups in total. The van der Waals surface area contributed by atoms with Crippen LogP contribution in [0.4, 0.5) is 5.69 Å². The molecule has 98 valence electrons. The zero-order chi connectivity index (χ0) is 13.5. The summed E-state index contributed by atoms with van der Waals surface area (Å²) in [6.45, 7) is 3.94. The Hall–Kier alpha value is -1.49. The molecule has 0 aromatic heterocycles. The highest BCUT2D eigenvalue weighted by molar-refractivity contribution is 7.99. The van der Waals surface area contributed by atoms with Crippen molar-refractivity contribution in [3.63, 3.8) is 0 Å². The Kier molecular flexibility index (Phi) is 5.71. The Morgan fingerprint density at radius 1 is 1.33 bits per heavy atom. The van der Waals surface area contributed by atoms with Gasteiger partial charge in [0.05, 0.1) is 12.2 Å². The zero-order valence-electron chi connectivity index (χ0n) is 10.5. The Labute approximate surface area is 111 Å². The molecule has 0 saturated carbocycles. The third kappa shape index (κ3) is 5.23. The van der Waals surface area contributed by atoms with Crippen molar-refractivity contribution in [2.75, 3.05) is 16.8 Å². The molecule has 0 aliphatic carbocycles. The van der Waals surface area contributed by atoms with E-state index in [2.05, 4.69) is 5.32 Å². The molecule has 0 radical (unpaired) electrons. The minimum Gasteiger partial charge on any atom is -0.481 e. The van der Waals surface area contributed by atoms with Gasteiger partial charge in [0, 0.05) is 11.4 Å². The number of aryl methyl sites for hydroxylation is 2. The molecule has 1 aromatic carbocycles. The van der Waals surface area contributed by atoms with E-state index in [1.165, 1.54) is 11.8 Å². The lowest BCUT2D eigenvalue weighted by Crippen LogP contribution is -2.15. The fourth-order valence-corrected chi connectivity index (χ4v) is 2.19. The molecule has 0 atom stereocenters. The van der Waals surface area contributed by atoms with Crippen molar-refractivity contribution in [2.24, 2.45) is 0 Å². The van der Waals surface area contributed by atoms with Crippen LogP contribution in [-0.4, -0.2) is 28.5 Å². The van der Waals surface area contributed by atoms with E-state index in [1.54, 1.807) is 0 Å². The molecule has 0 fully saturated rings. The number of benzene rings is 1. The number of amides is 1. The monoisotopic (exact) mass is 267 g/mol. The van der Waals surface area contributed by atoms with Crippen LogP contribution in [0.15, 0.2) is 18.2 Å². The standard InChI is InChI=1S/C13H17NO3S/c1-9-3-4-11(10(2)7-9)14-12(15)8-18-6-5-13(16)17/h3-4,7H,5-6,8H2,1-2H3,(H,14,15)(H,16,17). The molecule has 1 rings (SSSR count). The van der Waals surface area contributed by atoms with Crippen LogP contribution in [0, 0.1) is 13.8 Å². The second-order valence-electron chi connectivity index (χ2n) is 4.06. The minimum absolute atomic E-state index is 0.0848. The van der Waals surface area contributed by atoms with E-state index in [1.807, 2.05) is 32.0 Å². The number of anilines is 1. The van der Waals surface area contributed by atoms with E-state index in [4.69, 9.17) is 5.11 Å². The third-order valence-electron chi connectivity index (χ3n) is 2.35. The van der Waals surface area contributed by atoms with Gasteiger partial charge in [-0.15, -0.1) is 0 Å². The molecule has 5 heteroatoms. The number of aliphatic carboxylic acids is 1. The molecule has 0 saturated heterocycles. The minimum atomic E-state index is -0.836. The maximum absolute atomic E-state index is 11.6. The number of carboxylic acids is 1. The maximum atomic E-state index is 11.6. The predicted octanol–water partition coefficient (Wildman–Crippen LogP) is 2.45. The molecule has 0 aliphatic rings. The quantitative estimate of drug-likeness (QED) is 0.777. The van der Waals surface area contributed by atoms with Crippen LogP contribution in [0.3, 0.4) is 0 Å². The van der Waals surface area contributed by atoms with Gasteiger partial charge in [-0.2, -0.15) is 11.8 Å². The SMILES string of the molecule is Cc1ccc(NC(=O)CSCCC(=O)O)c(C)c1. The van der Waals surface area contributed by atoms with E-state index in [0.29, 0.717) is 5.75 Å². The number of carbonyl (C=O) groups excluding carboxylic acids is 1. The highest BCUT2D eigenvalue weighted by atomic mass is 32.2. The van der Waals surface area contributed by atoms with Crippen molar-refractivity contribution in [2.45, 2.75) is 20.3 Å². The van der Waals surface area contributed by atoms with E-state index >= 15 is 0 Å². The molecule has 0 unspecified atom stereocenters. The summed E-state index contributed by atoms with van der Waals surface area (Å²) in [5.41, 5.74) is 2.99. The van der Waals surface area contributed by atoms with Crippen LogP contribution in [0.2, 0.25) is 0 Å². The number of rotatable bonds is 6. The van der Waals surface area contributed by atoms with Crippen molar-refractivity contribution in [1.82, 2.24) is 0 Å². The molecular weight excluding hydrogens is 250 g/mol. The Balaban J connectivity index is 2.38. The predicted molar refractivity (Wildman–Crippen MR) is 74.1 cm³/mol. The van der Waals surface area contributed by atoms with E-state index in [9.17, 15) is 9.59 Å². The summed E-state index contributed by atoms with van der Waals surface area (Å²) in [7, 11) is 0. The van der Waals surface area contributed by atoms with Crippen molar-refractivity contribution < 1.29 is 14.7 Å². The Bertz CT molecular complexity index is 446. The van der Waals surface area contributed by atoms with Crippen LogP contribution < -0.4 is 5.32 Å². The normalized spacial score (nSPS) is 10.1. The number of thioether (sulfide) groups is 1. The summed E-state index contributed by atoms with van der Waals surface area (Å²) in [5.74, 6) is -0.203. The lowest BCUT2D eigenvalue weighted by Gasteiger charge is -2.08. The van der Waals surface area contributed by atoms with Gasteiger partial charge < -0.3 is 10.4 Å². The number of nitrogens with one attached hydrogen (secondary N) is 1. The summed E-state index contributed by atoms with van der Waals surface area (Å²) < 4.78 is 0. The Morgan fingerprint density at radius 2 is 2.06 bits per heavy atom. The van der Waals surface area contributed by atoms with Crippen LogP contribution in [0.5, 0.6) is 0 Å². The highest BCUT2D eigenvalue weighted by Gasteiger charge is 2.05. The first-order chi connectivity index (χ1) is 8.49. The Morgan fingerprint density at radius 3 is 2.67 bits per heavy atom. The topological polar surface area (TPSA) is 66.4 Å². The molecule has 18 heavy (non-hydrogen) atoms. The van der Waals surface area contributed by atoms with E-state index in [0.717, 1.165) is 16.8 Å². The van der Waals surface area contributed by atoms with Gasteiger partial charge in [-0.1, -0.05) is 17.7 Å². The van der Waals surface area contributed by atoms with Gasteiger partial charge in [0.2, 0.25) is 5.91 Å². The molecule has 0 aliphatic heterocycles. The van der Waals surface area contributed by atoms with Gasteiger partial charge >= 0.3 is 5.97 Å². The smallest absolute Gasteiger partial charge is 0.304 e. The number of carboxylic acid groups (broad SMARTS) is 1. The molecule has 0 bridgehead atoms. The van der Waals surface area contributed by atoms with E-state index < -0.39 is 5.97 Å². The number of carbonyl (C=O) groups is 2. The van der Waals surface area contributed by atoms with Crippen LogP contribution in [-0.2, 0) is 9.59 Å². The average molecular weight is 267 g/mol. The second-order valence-corrected chi connectivity index (χ2v) is 5.17. The van der Waals surface area contributed by atoms with Crippen molar-refractivity contribution in [1.29, 1.82) is 0 Å². The highest BCUT2D eigenvalue weighted by Crippen LogP contribution is 2.16. The summed E-state index contributed by atoms with van der Waals surface area (Å²) in [5, 5.41) is 11.3. The van der Waals surface area contributed by atoms with Gasteiger partial charge in [0.25, 0.3) is 0 Å². The number of hydrogen-bond donors (Lipinski definition) is 2. The summed E-state index contributed by atoms with van der Waals surface area (Å²) in [4.78, 5) is 21.9. The second kappa shape index (κ2) is 7.06. The van der Waals surface area contributed by atoms with E-state index in [-0.39, 0.29) is 18.1 Å². The lowest BCUT2D eigenvalue weighted by atomic mass is 10.1. The first-order valence-electron chi connectivity index (χ1n) is 5.65. The molecular formula is C13H17NO3S. The van der Waals surface area contributed by atoms with Gasteiger partial charge in [0.15, 0.2) is 0 Å². The fourth-order valence-electron chi connectivity index (χ4n) is 1.46. The summed E-state index contributed by atoms with van der Waals surface area (Å²) >= 11 is 1.33. The van der Waals surface area contributed by atoms with Crippen LogP contribution in [0.1, 0.15) is 17.5 Å². The maximum Gasteiger partial charge on any atom is 0.304 e. The summed E-state index contributed by atoms with van der Waals surface area (Å²) in [6, 6.07) is 5.83. The van der Waals surface area contributed by atoms with Crippen molar-refractivity contribution >= 4 is 29.3 Å². The van der Waals surface area contributed by atoms with Gasteiger partial charge in [0.1, 0.15) is 0 Å². The molecule has 0 spiro atoms. The zero-order valence-corrected chi connectivity index (χ0v) is 11.3. The van der Waals surface area contributed by atoms with Crippen LogP contribution >= 0.6 is 11.8 Å². The van der Waals surface area contributed by atoms with Gasteiger partial charge in [-0.25, -0.2) is 0 Å². The van der Waals surface area contributed by atoms with Gasteiger partial charge in [-0.3, -0.25) is 9.59 Å². The lowest BCUT2D eigenvalue weighted by molar-refractivity contribution is -0.136. The fraction of sp³-hybridized carbons (Fsp3) is 0.385. The number of hydrogen-bond acceptors (Lipinski definition) is 3. The van der Waals surface area contributed by atoms with Crippen molar-refractivity contribution in [3.05, 3.63) is 29.3 Å². The largest absolute Gasteiger partial charge is 0.481 e. The first kappa shape index (κ1) is 14.6.